The van der Waals surface area contributed by atoms with Crippen LogP contribution in [0.5, 0.6) is 5.75 Å². The number of amides is 1. The van der Waals surface area contributed by atoms with Gasteiger partial charge in [-0.15, -0.1) is 0 Å². The van der Waals surface area contributed by atoms with E-state index in [4.69, 9.17) is 4.74 Å². The van der Waals surface area contributed by atoms with E-state index in [1.165, 1.54) is 17.5 Å². The van der Waals surface area contributed by atoms with Crippen LogP contribution < -0.4 is 9.46 Å². The summed E-state index contributed by atoms with van der Waals surface area (Å²) in [4.78, 5) is 27.4. The Bertz CT molecular complexity index is 1450. The minimum atomic E-state index is -4.66. The predicted molar refractivity (Wildman–Crippen MR) is 126 cm³/mol. The largest absolute Gasteiger partial charge is 0.496 e. The number of ketones is 1. The highest BCUT2D eigenvalue weighted by molar-refractivity contribution is 7.87. The zero-order valence-electron chi connectivity index (χ0n) is 19.9. The Morgan fingerprint density at radius 3 is 2.51 bits per heavy atom. The summed E-state index contributed by atoms with van der Waals surface area (Å²) in [6.07, 6.45) is -2.18. The molecule has 14 heteroatoms. The third-order valence-electron chi connectivity index (χ3n) is 6.01. The van der Waals surface area contributed by atoms with Crippen molar-refractivity contribution >= 4 is 32.8 Å². The molecule has 198 valence electrons. The highest BCUT2D eigenvalue weighted by atomic mass is 32.2. The zero-order chi connectivity index (χ0) is 27.0. The summed E-state index contributed by atoms with van der Waals surface area (Å²) in [7, 11) is -2.47. The zero-order valence-corrected chi connectivity index (χ0v) is 20.8. The molecule has 0 saturated carbocycles. The number of hydrogen-bond donors (Lipinski definition) is 1. The number of hydrogen-bond acceptors (Lipinski definition) is 7. The van der Waals surface area contributed by atoms with Gasteiger partial charge in [-0.25, -0.2) is 9.71 Å². The fourth-order valence-electron chi connectivity index (χ4n) is 4.24. The number of fused-ring (bicyclic) bond motifs is 1. The molecule has 0 bridgehead atoms. The smallest absolute Gasteiger partial charge is 0.433 e. The number of rotatable bonds is 7. The van der Waals surface area contributed by atoms with Gasteiger partial charge in [0.15, 0.2) is 5.78 Å². The van der Waals surface area contributed by atoms with E-state index < -0.39 is 33.8 Å². The summed E-state index contributed by atoms with van der Waals surface area (Å²) < 4.78 is 73.7. The molecule has 37 heavy (non-hydrogen) atoms. The number of carbonyl (C=O) groups is 2. The van der Waals surface area contributed by atoms with Crippen molar-refractivity contribution in [3.63, 3.8) is 0 Å². The minimum Gasteiger partial charge on any atom is -0.496 e. The number of aromatic nitrogens is 3. The van der Waals surface area contributed by atoms with Crippen LogP contribution in [-0.4, -0.2) is 59.4 Å². The van der Waals surface area contributed by atoms with Crippen molar-refractivity contribution in [2.45, 2.75) is 38.4 Å². The molecule has 0 aliphatic carbocycles. The Labute approximate surface area is 210 Å². The van der Waals surface area contributed by atoms with Crippen LogP contribution in [0.3, 0.4) is 0 Å². The maximum atomic E-state index is 13.0. The quantitative estimate of drug-likeness (QED) is 0.458. The van der Waals surface area contributed by atoms with Gasteiger partial charge in [0.05, 0.1) is 18.7 Å². The second-order valence-electron chi connectivity index (χ2n) is 8.63. The van der Waals surface area contributed by atoms with Crippen molar-refractivity contribution in [1.29, 1.82) is 0 Å². The van der Waals surface area contributed by atoms with Crippen LogP contribution in [0.4, 0.5) is 13.2 Å². The van der Waals surface area contributed by atoms with Gasteiger partial charge in [-0.3, -0.25) is 14.3 Å². The van der Waals surface area contributed by atoms with Crippen molar-refractivity contribution in [3.05, 3.63) is 53.5 Å². The van der Waals surface area contributed by atoms with Crippen LogP contribution in [0.2, 0.25) is 0 Å². The highest BCUT2D eigenvalue weighted by Crippen LogP contribution is 2.31. The molecule has 3 heterocycles. The molecular formula is C23H24F3N5O5S. The molecule has 10 nitrogen and oxygen atoms in total. The second kappa shape index (κ2) is 10.1. The lowest BCUT2D eigenvalue weighted by Gasteiger charge is -2.30. The number of ether oxygens (including phenoxy) is 1. The Morgan fingerprint density at radius 1 is 1.19 bits per heavy atom. The van der Waals surface area contributed by atoms with Gasteiger partial charge in [0.1, 0.15) is 17.1 Å². The van der Waals surface area contributed by atoms with Gasteiger partial charge >= 0.3 is 16.4 Å². The van der Waals surface area contributed by atoms with Crippen molar-refractivity contribution in [3.8, 4) is 5.75 Å². The molecule has 0 unspecified atom stereocenters. The number of nitrogens with zero attached hydrogens (tertiary/aromatic N) is 4. The molecule has 2 aromatic heterocycles. The molecule has 1 aromatic carbocycles. The number of pyridine rings is 1. The van der Waals surface area contributed by atoms with Crippen LogP contribution >= 0.6 is 0 Å². The molecule has 1 amide bonds. The van der Waals surface area contributed by atoms with E-state index in [-0.39, 0.29) is 31.2 Å². The lowest BCUT2D eigenvalue weighted by molar-refractivity contribution is -0.141. The Morgan fingerprint density at radius 2 is 1.89 bits per heavy atom. The fourth-order valence-corrected chi connectivity index (χ4v) is 5.42. The number of benzene rings is 1. The maximum absolute atomic E-state index is 13.0. The predicted octanol–water partition coefficient (Wildman–Crippen LogP) is 2.90. The highest BCUT2D eigenvalue weighted by Gasteiger charge is 2.33. The molecule has 0 radical (unpaired) electrons. The molecule has 4 rings (SSSR count). The molecule has 1 aliphatic rings. The van der Waals surface area contributed by atoms with E-state index in [0.717, 1.165) is 19.1 Å². The first-order chi connectivity index (χ1) is 17.4. The van der Waals surface area contributed by atoms with Gasteiger partial charge in [0.2, 0.25) is 5.91 Å². The average Bonchev–Trinajstić information content (AvgIpc) is 3.25. The number of alkyl halides is 3. The number of carbonyl (C=O) groups excluding carboxylic acids is 2. The topological polar surface area (TPSA) is 123 Å². The van der Waals surface area contributed by atoms with E-state index in [9.17, 15) is 31.2 Å². The van der Waals surface area contributed by atoms with E-state index in [1.54, 1.807) is 23.0 Å². The SMILES string of the molecule is COc1cc2nn(C3CCN(S(=O)(=O)NC(C)=O)CC3)cc2cc1CC(=O)c1cccc(C(F)(F)F)n1. The molecule has 1 aliphatic heterocycles. The van der Waals surface area contributed by atoms with Gasteiger partial charge in [0.25, 0.3) is 0 Å². The lowest BCUT2D eigenvalue weighted by Crippen LogP contribution is -2.46. The number of piperidine rings is 1. The normalized spacial score (nSPS) is 15.6. The Balaban J connectivity index is 1.52. The molecule has 0 atom stereocenters. The average molecular weight is 540 g/mol. The van der Waals surface area contributed by atoms with E-state index in [0.29, 0.717) is 35.1 Å². The van der Waals surface area contributed by atoms with E-state index >= 15 is 0 Å². The molecule has 1 saturated heterocycles. The third kappa shape index (κ3) is 5.91. The van der Waals surface area contributed by atoms with Crippen molar-refractivity contribution in [2.24, 2.45) is 0 Å². The van der Waals surface area contributed by atoms with E-state index in [1.807, 2.05) is 4.72 Å². The molecule has 3 aromatic rings. The van der Waals surface area contributed by atoms with Crippen LogP contribution in [0.15, 0.2) is 36.5 Å². The summed E-state index contributed by atoms with van der Waals surface area (Å²) in [5.74, 6) is -0.897. The van der Waals surface area contributed by atoms with Crippen LogP contribution in [0.25, 0.3) is 10.9 Å². The van der Waals surface area contributed by atoms with Gasteiger partial charge in [-0.05, 0) is 31.0 Å². The van der Waals surface area contributed by atoms with Crippen molar-refractivity contribution < 1.29 is 35.9 Å². The second-order valence-corrected chi connectivity index (χ2v) is 10.3. The minimum absolute atomic E-state index is 0.0958. The van der Waals surface area contributed by atoms with Crippen LogP contribution in [0.1, 0.15) is 47.6 Å². The molecule has 0 spiro atoms. The number of halogens is 3. The third-order valence-corrected chi connectivity index (χ3v) is 7.60. The van der Waals surface area contributed by atoms with Gasteiger partial charge in [0, 0.05) is 49.6 Å². The maximum Gasteiger partial charge on any atom is 0.433 e. The van der Waals surface area contributed by atoms with Gasteiger partial charge < -0.3 is 4.74 Å². The fraction of sp³-hybridized carbons (Fsp3) is 0.391. The van der Waals surface area contributed by atoms with Gasteiger partial charge in [-0.2, -0.15) is 31.0 Å². The standard InChI is InChI=1S/C23H24F3N5O5S/c1-14(32)29-37(34,35)30-8-6-17(7-9-30)31-13-16-10-15(21(36-2)12-19(16)28-31)11-20(33)18-4-3-5-22(27-18)23(24,25)26/h3-5,10,12-13,17H,6-9,11H2,1-2H3,(H,29,32). The molecule has 1 N–H and O–H groups in total. The summed E-state index contributed by atoms with van der Waals surface area (Å²) >= 11 is 0. The summed E-state index contributed by atoms with van der Waals surface area (Å²) in [6, 6.07) is 6.42. The summed E-state index contributed by atoms with van der Waals surface area (Å²) in [5, 5.41) is 5.26. The molecule has 1 fully saturated rings. The molecular weight excluding hydrogens is 515 g/mol. The summed E-state index contributed by atoms with van der Waals surface area (Å²) in [5.41, 5.74) is -0.389. The Hall–Kier alpha value is -3.52. The first-order valence-electron chi connectivity index (χ1n) is 11.3. The Kier molecular flexibility index (Phi) is 7.24. The van der Waals surface area contributed by atoms with Crippen LogP contribution in [-0.2, 0) is 27.6 Å². The monoisotopic (exact) mass is 539 g/mol. The van der Waals surface area contributed by atoms with Gasteiger partial charge in [-0.1, -0.05) is 6.07 Å². The summed E-state index contributed by atoms with van der Waals surface area (Å²) in [6.45, 7) is 1.54. The van der Waals surface area contributed by atoms with Crippen molar-refractivity contribution in [2.75, 3.05) is 20.2 Å². The number of methoxy groups -OCH3 is 1. The first kappa shape index (κ1) is 26.5. The first-order valence-corrected chi connectivity index (χ1v) is 12.7. The van der Waals surface area contributed by atoms with E-state index in [2.05, 4.69) is 10.1 Å². The van der Waals surface area contributed by atoms with Crippen LogP contribution in [0, 0.1) is 0 Å². The lowest BCUT2D eigenvalue weighted by atomic mass is 10.0. The number of Topliss-reactive ketones (excluding diaryl/α,β-unsaturated/α-hetero) is 1. The van der Waals surface area contributed by atoms with Crippen molar-refractivity contribution in [1.82, 2.24) is 23.8 Å². The number of nitrogens with one attached hydrogen (secondary N) is 1.